The number of carbonyl (C=O) groups is 2. The predicted molar refractivity (Wildman–Crippen MR) is 84.4 cm³/mol. The van der Waals surface area contributed by atoms with Crippen molar-refractivity contribution in [1.29, 1.82) is 0 Å². The van der Waals surface area contributed by atoms with E-state index in [1.54, 1.807) is 13.0 Å². The summed E-state index contributed by atoms with van der Waals surface area (Å²) in [5.74, 6) is -0.115. The lowest BCUT2D eigenvalue weighted by Crippen LogP contribution is -2.10. The highest BCUT2D eigenvalue weighted by molar-refractivity contribution is 6.36. The summed E-state index contributed by atoms with van der Waals surface area (Å²) in [6, 6.07) is 9.01. The molecule has 2 rings (SSSR count). The number of halogens is 2. The second-order valence-electron chi connectivity index (χ2n) is 4.27. The molecule has 0 aromatic heterocycles. The van der Waals surface area contributed by atoms with Crippen LogP contribution < -0.4 is 9.47 Å². The van der Waals surface area contributed by atoms with Crippen LogP contribution in [0.1, 0.15) is 27.6 Å². The van der Waals surface area contributed by atoms with E-state index in [0.717, 1.165) is 0 Å². The van der Waals surface area contributed by atoms with E-state index in [0.29, 0.717) is 29.2 Å². The van der Waals surface area contributed by atoms with Crippen LogP contribution in [0.3, 0.4) is 0 Å². The Hall–Kier alpha value is -2.04. The van der Waals surface area contributed by atoms with Gasteiger partial charge in [-0.25, -0.2) is 4.79 Å². The van der Waals surface area contributed by atoms with Gasteiger partial charge < -0.3 is 9.47 Å². The lowest BCUT2D eigenvalue weighted by Gasteiger charge is -2.11. The zero-order valence-electron chi connectivity index (χ0n) is 11.6. The van der Waals surface area contributed by atoms with Gasteiger partial charge in [-0.15, -0.1) is 0 Å². The minimum Gasteiger partial charge on any atom is -0.490 e. The van der Waals surface area contributed by atoms with Crippen LogP contribution in [0.4, 0.5) is 0 Å². The molecule has 0 N–H and O–H groups in total. The quantitative estimate of drug-likeness (QED) is 0.460. The van der Waals surface area contributed by atoms with Crippen LogP contribution in [0.15, 0.2) is 36.4 Å². The largest absolute Gasteiger partial charge is 0.490 e. The Labute approximate surface area is 137 Å². The molecule has 0 aliphatic heterocycles. The van der Waals surface area contributed by atoms with Crippen molar-refractivity contribution in [2.45, 2.75) is 6.92 Å². The number of ether oxygens (including phenoxy) is 2. The van der Waals surface area contributed by atoms with Gasteiger partial charge in [0.25, 0.3) is 0 Å². The molecular formula is C16H12Cl2O4. The van der Waals surface area contributed by atoms with E-state index in [4.69, 9.17) is 32.7 Å². The molecule has 4 nitrogen and oxygen atoms in total. The molecule has 0 radical (unpaired) electrons. The Morgan fingerprint density at radius 3 is 2.55 bits per heavy atom. The zero-order chi connectivity index (χ0) is 16.1. The molecule has 0 fully saturated rings. The molecule has 6 heteroatoms. The van der Waals surface area contributed by atoms with Crippen molar-refractivity contribution >= 4 is 35.5 Å². The summed E-state index contributed by atoms with van der Waals surface area (Å²) < 4.78 is 10.7. The fourth-order valence-electron chi connectivity index (χ4n) is 1.76. The summed E-state index contributed by atoms with van der Waals surface area (Å²) in [4.78, 5) is 23.0. The fraction of sp³-hybridized carbons (Fsp3) is 0.125. The number of carbonyl (C=O) groups excluding carboxylic acids is 2. The third-order valence-electron chi connectivity index (χ3n) is 2.76. The number of benzene rings is 2. The number of aldehydes is 1. The van der Waals surface area contributed by atoms with Gasteiger partial charge in [0.2, 0.25) is 0 Å². The van der Waals surface area contributed by atoms with Crippen molar-refractivity contribution in [3.8, 4) is 11.5 Å². The van der Waals surface area contributed by atoms with Crippen LogP contribution >= 0.6 is 23.2 Å². The van der Waals surface area contributed by atoms with Gasteiger partial charge in [0.15, 0.2) is 11.5 Å². The molecule has 0 atom stereocenters. The van der Waals surface area contributed by atoms with Gasteiger partial charge >= 0.3 is 5.97 Å². The topological polar surface area (TPSA) is 52.6 Å². The molecule has 0 heterocycles. The van der Waals surface area contributed by atoms with Crippen molar-refractivity contribution in [2.75, 3.05) is 6.61 Å². The second kappa shape index (κ2) is 7.29. The Morgan fingerprint density at radius 1 is 1.14 bits per heavy atom. The smallest absolute Gasteiger partial charge is 0.345 e. The first-order valence-corrected chi connectivity index (χ1v) is 7.20. The molecule has 0 saturated heterocycles. The SMILES string of the molecule is CCOc1cc(C=O)ccc1OC(=O)c1ccc(Cl)cc1Cl. The number of esters is 1. The molecule has 2 aromatic carbocycles. The molecule has 2 aromatic rings. The van der Waals surface area contributed by atoms with Crippen LogP contribution in [0.2, 0.25) is 10.0 Å². The molecule has 0 amide bonds. The molecule has 0 saturated carbocycles. The molecule has 22 heavy (non-hydrogen) atoms. The van der Waals surface area contributed by atoms with Crippen molar-refractivity contribution in [3.05, 3.63) is 57.6 Å². The van der Waals surface area contributed by atoms with Crippen LogP contribution in [0, 0.1) is 0 Å². The third-order valence-corrected chi connectivity index (χ3v) is 3.31. The van der Waals surface area contributed by atoms with E-state index in [2.05, 4.69) is 0 Å². The monoisotopic (exact) mass is 338 g/mol. The van der Waals surface area contributed by atoms with Gasteiger partial charge in [-0.05, 0) is 43.3 Å². The Morgan fingerprint density at radius 2 is 1.91 bits per heavy atom. The van der Waals surface area contributed by atoms with E-state index in [-0.39, 0.29) is 16.3 Å². The molecule has 0 aliphatic carbocycles. The van der Waals surface area contributed by atoms with Gasteiger partial charge in [-0.3, -0.25) is 4.79 Å². The standard InChI is InChI=1S/C16H12Cl2O4/c1-2-21-15-7-10(9-19)3-6-14(15)22-16(20)12-5-4-11(17)8-13(12)18/h3-9H,2H2,1H3. The first kappa shape index (κ1) is 16.3. The summed E-state index contributed by atoms with van der Waals surface area (Å²) in [7, 11) is 0. The Balaban J connectivity index is 2.29. The van der Waals surface area contributed by atoms with E-state index in [1.807, 2.05) is 0 Å². The number of hydrogen-bond donors (Lipinski definition) is 0. The highest BCUT2D eigenvalue weighted by Crippen LogP contribution is 2.30. The van der Waals surface area contributed by atoms with Crippen LogP contribution in [-0.2, 0) is 0 Å². The Bertz CT molecular complexity index is 713. The lowest BCUT2D eigenvalue weighted by molar-refractivity contribution is 0.0728. The zero-order valence-corrected chi connectivity index (χ0v) is 13.1. The van der Waals surface area contributed by atoms with Gasteiger partial charge in [0, 0.05) is 10.6 Å². The molecule has 0 aliphatic rings. The van der Waals surface area contributed by atoms with E-state index in [1.165, 1.54) is 30.3 Å². The third kappa shape index (κ3) is 3.78. The summed E-state index contributed by atoms with van der Waals surface area (Å²) in [5, 5.41) is 0.617. The summed E-state index contributed by atoms with van der Waals surface area (Å²) >= 11 is 11.8. The first-order valence-electron chi connectivity index (χ1n) is 6.44. The molecule has 0 unspecified atom stereocenters. The van der Waals surface area contributed by atoms with Crippen LogP contribution in [0.25, 0.3) is 0 Å². The molecule has 0 bridgehead atoms. The van der Waals surface area contributed by atoms with Gasteiger partial charge in [-0.2, -0.15) is 0 Å². The van der Waals surface area contributed by atoms with E-state index >= 15 is 0 Å². The first-order chi connectivity index (χ1) is 10.5. The van der Waals surface area contributed by atoms with Crippen molar-refractivity contribution < 1.29 is 19.1 Å². The maximum atomic E-state index is 12.2. The van der Waals surface area contributed by atoms with Gasteiger partial charge in [0.1, 0.15) is 6.29 Å². The maximum Gasteiger partial charge on any atom is 0.345 e. The van der Waals surface area contributed by atoms with Crippen molar-refractivity contribution in [3.63, 3.8) is 0 Å². The van der Waals surface area contributed by atoms with Gasteiger partial charge in [-0.1, -0.05) is 23.2 Å². The summed E-state index contributed by atoms with van der Waals surface area (Å²) in [6.45, 7) is 2.16. The van der Waals surface area contributed by atoms with Gasteiger partial charge in [0.05, 0.1) is 17.2 Å². The second-order valence-corrected chi connectivity index (χ2v) is 5.11. The van der Waals surface area contributed by atoms with Crippen LogP contribution in [-0.4, -0.2) is 18.9 Å². The molecule has 114 valence electrons. The molecule has 0 spiro atoms. The van der Waals surface area contributed by atoms with Crippen molar-refractivity contribution in [1.82, 2.24) is 0 Å². The predicted octanol–water partition coefficient (Wildman–Crippen LogP) is 4.42. The fourth-order valence-corrected chi connectivity index (χ4v) is 2.25. The average Bonchev–Trinajstić information content (AvgIpc) is 2.49. The summed E-state index contributed by atoms with van der Waals surface area (Å²) in [6.07, 6.45) is 0.685. The minimum atomic E-state index is -0.638. The number of rotatable bonds is 5. The normalized spacial score (nSPS) is 10.1. The lowest BCUT2D eigenvalue weighted by atomic mass is 10.2. The average molecular weight is 339 g/mol. The molecular weight excluding hydrogens is 327 g/mol. The Kier molecular flexibility index (Phi) is 5.41. The number of hydrogen-bond acceptors (Lipinski definition) is 4. The minimum absolute atomic E-state index is 0.188. The maximum absolute atomic E-state index is 12.2. The summed E-state index contributed by atoms with van der Waals surface area (Å²) in [5.41, 5.74) is 0.612. The van der Waals surface area contributed by atoms with Crippen LogP contribution in [0.5, 0.6) is 11.5 Å². The van der Waals surface area contributed by atoms with E-state index in [9.17, 15) is 9.59 Å². The highest BCUT2D eigenvalue weighted by atomic mass is 35.5. The van der Waals surface area contributed by atoms with Crippen molar-refractivity contribution in [2.24, 2.45) is 0 Å². The highest BCUT2D eigenvalue weighted by Gasteiger charge is 2.16. The van der Waals surface area contributed by atoms with E-state index < -0.39 is 5.97 Å².